The predicted molar refractivity (Wildman–Crippen MR) is 153 cm³/mol. The summed E-state index contributed by atoms with van der Waals surface area (Å²) in [7, 11) is 3.95. The van der Waals surface area contributed by atoms with Gasteiger partial charge >= 0.3 is 0 Å². The Kier molecular flexibility index (Phi) is 8.61. The van der Waals surface area contributed by atoms with Gasteiger partial charge < -0.3 is 19.9 Å². The molecule has 1 amide bonds. The molecule has 1 aliphatic heterocycles. The number of aromatic nitrogens is 2. The number of hydrogen-bond donors (Lipinski definition) is 1. The summed E-state index contributed by atoms with van der Waals surface area (Å²) < 4.78 is 20.1. The average Bonchev–Trinajstić information content (AvgIpc) is 3.32. The smallest absolute Gasteiger partial charge is 0.246 e. The molecule has 2 aromatic heterocycles. The van der Waals surface area contributed by atoms with Crippen LogP contribution >= 0.6 is 11.3 Å². The Morgan fingerprint density at radius 3 is 2.77 bits per heavy atom. The zero-order valence-corrected chi connectivity index (χ0v) is 23.0. The maximum absolute atomic E-state index is 14.1. The highest BCUT2D eigenvalue weighted by atomic mass is 32.1. The molecule has 0 spiro atoms. The van der Waals surface area contributed by atoms with Gasteiger partial charge in [0.2, 0.25) is 5.91 Å². The summed E-state index contributed by atoms with van der Waals surface area (Å²) in [6.07, 6.45) is 5.87. The molecular weight excluding hydrogens is 513 g/mol. The lowest BCUT2D eigenvalue weighted by Crippen LogP contribution is -2.34. The SMILES string of the molecule is CN(C)C/C=C/C(=O)N1CCc2c(sc3ncnc(N[C@H](COCc4ccccc4F)c4ccccc4)c23)C1. The van der Waals surface area contributed by atoms with Crippen LogP contribution in [0.25, 0.3) is 10.2 Å². The topological polar surface area (TPSA) is 70.6 Å². The van der Waals surface area contributed by atoms with Crippen LogP contribution in [0.2, 0.25) is 0 Å². The van der Waals surface area contributed by atoms with Crippen molar-refractivity contribution in [1.29, 1.82) is 0 Å². The molecule has 7 nitrogen and oxygen atoms in total. The molecule has 0 saturated heterocycles. The van der Waals surface area contributed by atoms with Crippen molar-refractivity contribution in [1.82, 2.24) is 19.8 Å². The van der Waals surface area contributed by atoms with E-state index >= 15 is 0 Å². The Balaban J connectivity index is 1.36. The molecule has 5 rings (SSSR count). The number of amides is 1. The summed E-state index contributed by atoms with van der Waals surface area (Å²) in [4.78, 5) is 27.8. The molecular formula is C30H32FN5O2S. The van der Waals surface area contributed by atoms with E-state index in [4.69, 9.17) is 4.74 Å². The molecule has 1 atom stereocenters. The van der Waals surface area contributed by atoms with Crippen molar-refractivity contribution >= 4 is 33.3 Å². The van der Waals surface area contributed by atoms with Crippen LogP contribution in [0.1, 0.15) is 27.6 Å². The minimum atomic E-state index is -0.273. The van der Waals surface area contributed by atoms with Gasteiger partial charge in [-0.3, -0.25) is 4.79 Å². The number of nitrogens with one attached hydrogen (secondary N) is 1. The summed E-state index contributed by atoms with van der Waals surface area (Å²) in [5, 5.41) is 4.59. The fourth-order valence-corrected chi connectivity index (χ4v) is 5.87. The quantitative estimate of drug-likeness (QED) is 0.276. The van der Waals surface area contributed by atoms with Gasteiger partial charge in [0, 0.05) is 29.6 Å². The second-order valence-corrected chi connectivity index (χ2v) is 10.9. The molecule has 0 aliphatic carbocycles. The molecule has 39 heavy (non-hydrogen) atoms. The van der Waals surface area contributed by atoms with E-state index in [0.29, 0.717) is 25.3 Å². The summed E-state index contributed by atoms with van der Waals surface area (Å²) in [6.45, 7) is 2.45. The van der Waals surface area contributed by atoms with Gasteiger partial charge in [-0.25, -0.2) is 14.4 Å². The standard InChI is InChI=1S/C30H32FN5O2S/c1-35(2)15-8-13-27(37)36-16-14-23-26(17-36)39-30-28(23)29(32-20-33-30)34-25(21-9-4-3-5-10-21)19-38-18-22-11-6-7-12-24(22)31/h3-13,20,25H,14-19H2,1-2H3,(H,32,33,34)/b13-8+/t25-/m1/s1. The lowest BCUT2D eigenvalue weighted by atomic mass is 10.0. The Morgan fingerprint density at radius 1 is 1.18 bits per heavy atom. The number of halogens is 1. The van der Waals surface area contributed by atoms with E-state index in [1.165, 1.54) is 11.6 Å². The van der Waals surface area contributed by atoms with E-state index < -0.39 is 0 Å². The molecule has 0 unspecified atom stereocenters. The molecule has 3 heterocycles. The van der Waals surface area contributed by atoms with Gasteiger partial charge in [0.1, 0.15) is 22.8 Å². The van der Waals surface area contributed by atoms with Crippen molar-refractivity contribution in [3.05, 3.63) is 100 Å². The minimum Gasteiger partial charge on any atom is -0.374 e. The van der Waals surface area contributed by atoms with Crippen molar-refractivity contribution < 1.29 is 13.9 Å². The summed E-state index contributed by atoms with van der Waals surface area (Å²) in [5.74, 6) is 0.497. The number of fused-ring (bicyclic) bond motifs is 3. The lowest BCUT2D eigenvalue weighted by Gasteiger charge is -2.26. The van der Waals surface area contributed by atoms with E-state index in [1.807, 2.05) is 60.3 Å². The van der Waals surface area contributed by atoms with E-state index in [-0.39, 0.29) is 24.4 Å². The van der Waals surface area contributed by atoms with Crippen molar-refractivity contribution in [3.8, 4) is 0 Å². The van der Waals surface area contributed by atoms with Crippen LogP contribution in [0.4, 0.5) is 10.2 Å². The molecule has 0 bridgehead atoms. The third-order valence-electron chi connectivity index (χ3n) is 6.69. The average molecular weight is 546 g/mol. The molecule has 9 heteroatoms. The van der Waals surface area contributed by atoms with E-state index in [2.05, 4.69) is 15.3 Å². The fourth-order valence-electron chi connectivity index (χ4n) is 4.67. The number of benzene rings is 2. The van der Waals surface area contributed by atoms with Crippen molar-refractivity contribution in [2.24, 2.45) is 0 Å². The summed E-state index contributed by atoms with van der Waals surface area (Å²) >= 11 is 1.61. The lowest BCUT2D eigenvalue weighted by molar-refractivity contribution is -0.126. The number of thiophene rings is 1. The zero-order valence-electron chi connectivity index (χ0n) is 22.1. The van der Waals surface area contributed by atoms with Crippen LogP contribution in [0, 0.1) is 5.82 Å². The van der Waals surface area contributed by atoms with Crippen molar-refractivity contribution in [2.45, 2.75) is 25.6 Å². The molecule has 202 valence electrons. The first kappa shape index (κ1) is 26.9. The number of rotatable bonds is 10. The van der Waals surface area contributed by atoms with Gasteiger partial charge in [0.05, 0.1) is 31.2 Å². The van der Waals surface area contributed by atoms with Crippen LogP contribution in [0.15, 0.2) is 73.1 Å². The number of carbonyl (C=O) groups is 1. The maximum Gasteiger partial charge on any atom is 0.246 e. The van der Waals surface area contributed by atoms with E-state index in [0.717, 1.165) is 39.4 Å². The van der Waals surface area contributed by atoms with Gasteiger partial charge in [-0.05, 0) is 37.7 Å². The highest BCUT2D eigenvalue weighted by Gasteiger charge is 2.26. The first-order valence-corrected chi connectivity index (χ1v) is 13.8. The maximum atomic E-state index is 14.1. The highest BCUT2D eigenvalue weighted by Crippen LogP contribution is 2.38. The molecule has 0 fully saturated rings. The summed E-state index contributed by atoms with van der Waals surface area (Å²) in [6, 6.07) is 16.5. The van der Waals surface area contributed by atoms with Gasteiger partial charge in [-0.15, -0.1) is 11.3 Å². The number of ether oxygens (including phenoxy) is 1. The zero-order chi connectivity index (χ0) is 27.2. The number of likely N-dealkylation sites (N-methyl/N-ethyl adjacent to an activating group) is 1. The molecule has 4 aromatic rings. The third kappa shape index (κ3) is 6.50. The fraction of sp³-hybridized carbons (Fsp3) is 0.300. The van der Waals surface area contributed by atoms with Gasteiger partial charge in [0.15, 0.2) is 0 Å². The normalized spacial score (nSPS) is 14.2. The van der Waals surface area contributed by atoms with Crippen molar-refractivity contribution in [2.75, 3.05) is 39.1 Å². The van der Waals surface area contributed by atoms with Crippen molar-refractivity contribution in [3.63, 3.8) is 0 Å². The first-order chi connectivity index (χ1) is 19.0. The largest absolute Gasteiger partial charge is 0.374 e. The summed E-state index contributed by atoms with van der Waals surface area (Å²) in [5.41, 5.74) is 2.76. The number of hydrogen-bond acceptors (Lipinski definition) is 7. The Hall–Kier alpha value is -3.66. The molecule has 1 aliphatic rings. The van der Waals surface area contributed by atoms with Gasteiger partial charge in [0.25, 0.3) is 0 Å². The Labute approximate surface area is 232 Å². The Bertz CT molecular complexity index is 1460. The molecule has 2 aromatic carbocycles. The highest BCUT2D eigenvalue weighted by molar-refractivity contribution is 7.19. The van der Waals surface area contributed by atoms with Crippen LogP contribution in [-0.2, 0) is 29.1 Å². The van der Waals surface area contributed by atoms with Crippen LogP contribution in [0.5, 0.6) is 0 Å². The number of anilines is 1. The predicted octanol–water partition coefficient (Wildman–Crippen LogP) is 5.20. The Morgan fingerprint density at radius 2 is 1.97 bits per heavy atom. The second-order valence-electron chi connectivity index (χ2n) is 9.79. The first-order valence-electron chi connectivity index (χ1n) is 13.0. The number of carbonyl (C=O) groups excluding carboxylic acids is 1. The van der Waals surface area contributed by atoms with Crippen LogP contribution in [0.3, 0.4) is 0 Å². The molecule has 0 saturated carbocycles. The van der Waals surface area contributed by atoms with E-state index in [9.17, 15) is 9.18 Å². The molecule has 1 N–H and O–H groups in total. The van der Waals surface area contributed by atoms with Gasteiger partial charge in [-0.1, -0.05) is 54.6 Å². The number of nitrogens with zero attached hydrogens (tertiary/aromatic N) is 4. The monoisotopic (exact) mass is 545 g/mol. The molecule has 0 radical (unpaired) electrons. The van der Waals surface area contributed by atoms with Gasteiger partial charge in [-0.2, -0.15) is 0 Å². The van der Waals surface area contributed by atoms with Crippen LogP contribution < -0.4 is 5.32 Å². The minimum absolute atomic E-state index is 0.0283. The van der Waals surface area contributed by atoms with E-state index in [1.54, 1.807) is 41.9 Å². The van der Waals surface area contributed by atoms with Crippen LogP contribution in [-0.4, -0.2) is 59.5 Å². The third-order valence-corrected chi connectivity index (χ3v) is 7.82. The second kappa shape index (κ2) is 12.5.